The number of halogens is 1. The molecule has 0 N–H and O–H groups in total. The number of hydrogen-bond acceptors (Lipinski definition) is 2. The molecule has 0 spiro atoms. The van der Waals surface area contributed by atoms with Crippen LogP contribution in [0.3, 0.4) is 0 Å². The van der Waals surface area contributed by atoms with Crippen LogP contribution in [0, 0.1) is 0 Å². The lowest BCUT2D eigenvalue weighted by Crippen LogP contribution is -1.77. The van der Waals surface area contributed by atoms with Gasteiger partial charge in [-0.25, -0.2) is 0 Å². The van der Waals surface area contributed by atoms with Gasteiger partial charge in [-0.15, -0.1) is 23.1 Å². The maximum absolute atomic E-state index is 3.57. The highest BCUT2D eigenvalue weighted by atomic mass is 79.9. The molecule has 0 saturated carbocycles. The monoisotopic (exact) mass is 284 g/mol. The van der Waals surface area contributed by atoms with E-state index in [0.29, 0.717) is 0 Å². The summed E-state index contributed by atoms with van der Waals surface area (Å²) in [5.41, 5.74) is 1.32. The Morgan fingerprint density at radius 2 is 2.00 bits per heavy atom. The van der Waals surface area contributed by atoms with E-state index >= 15 is 0 Å². The molecule has 1 heterocycles. The van der Waals surface area contributed by atoms with Crippen molar-refractivity contribution in [3.05, 3.63) is 40.2 Å². The predicted molar refractivity (Wildman–Crippen MR) is 69.2 cm³/mol. The highest BCUT2D eigenvalue weighted by molar-refractivity contribution is 9.10. The molecule has 2 aromatic rings. The van der Waals surface area contributed by atoms with Gasteiger partial charge in [-0.1, -0.05) is 18.2 Å². The summed E-state index contributed by atoms with van der Waals surface area (Å²) in [4.78, 5) is 2.64. The zero-order chi connectivity index (χ0) is 9.97. The van der Waals surface area contributed by atoms with Gasteiger partial charge in [-0.3, -0.25) is 0 Å². The number of rotatable bonds is 2. The summed E-state index contributed by atoms with van der Waals surface area (Å²) in [7, 11) is 0. The van der Waals surface area contributed by atoms with E-state index in [1.807, 2.05) is 0 Å². The Balaban J connectivity index is 2.56. The van der Waals surface area contributed by atoms with Crippen LogP contribution >= 0.6 is 39.0 Å². The van der Waals surface area contributed by atoms with Crippen LogP contribution in [-0.4, -0.2) is 6.26 Å². The van der Waals surface area contributed by atoms with Crippen LogP contribution in [0.5, 0.6) is 0 Å². The minimum atomic E-state index is 1.18. The summed E-state index contributed by atoms with van der Waals surface area (Å²) in [5, 5.41) is 2.11. The largest absolute Gasteiger partial charge is 0.143 e. The van der Waals surface area contributed by atoms with Gasteiger partial charge in [0.15, 0.2) is 0 Å². The highest BCUT2D eigenvalue weighted by Crippen LogP contribution is 2.38. The molecule has 0 fully saturated rings. The topological polar surface area (TPSA) is 0 Å². The molecule has 0 radical (unpaired) electrons. The molecule has 0 bridgehead atoms. The van der Waals surface area contributed by atoms with Crippen molar-refractivity contribution in [3.8, 4) is 10.4 Å². The Hall–Kier alpha value is -0.250. The zero-order valence-electron chi connectivity index (χ0n) is 7.66. The Bertz CT molecular complexity index is 434. The predicted octanol–water partition coefficient (Wildman–Crippen LogP) is 4.90. The maximum atomic E-state index is 3.57. The SMILES string of the molecule is CSc1ccccc1-c1sccc1Br. The van der Waals surface area contributed by atoms with E-state index in [9.17, 15) is 0 Å². The number of thioether (sulfide) groups is 1. The van der Waals surface area contributed by atoms with Crippen molar-refractivity contribution in [2.45, 2.75) is 4.90 Å². The van der Waals surface area contributed by atoms with Crippen molar-refractivity contribution in [2.24, 2.45) is 0 Å². The van der Waals surface area contributed by atoms with E-state index in [0.717, 1.165) is 0 Å². The zero-order valence-corrected chi connectivity index (χ0v) is 10.9. The third-order valence-electron chi connectivity index (χ3n) is 1.97. The van der Waals surface area contributed by atoms with Crippen LogP contribution in [0.2, 0.25) is 0 Å². The molecule has 0 atom stereocenters. The third-order valence-corrected chi connectivity index (χ3v) is 4.64. The summed E-state index contributed by atoms with van der Waals surface area (Å²) >= 11 is 7.13. The van der Waals surface area contributed by atoms with Crippen molar-refractivity contribution < 1.29 is 0 Å². The van der Waals surface area contributed by atoms with Crippen molar-refractivity contribution in [2.75, 3.05) is 6.26 Å². The number of hydrogen-bond donors (Lipinski definition) is 0. The van der Waals surface area contributed by atoms with Crippen LogP contribution in [0.1, 0.15) is 0 Å². The molecular weight excluding hydrogens is 276 g/mol. The fraction of sp³-hybridized carbons (Fsp3) is 0.0909. The second-order valence-corrected chi connectivity index (χ2v) is 5.42. The highest BCUT2D eigenvalue weighted by Gasteiger charge is 2.07. The van der Waals surface area contributed by atoms with Crippen LogP contribution in [0.4, 0.5) is 0 Å². The van der Waals surface area contributed by atoms with E-state index in [1.54, 1.807) is 23.1 Å². The molecule has 0 aliphatic rings. The summed E-state index contributed by atoms with van der Waals surface area (Å²) in [5.74, 6) is 0. The van der Waals surface area contributed by atoms with Crippen molar-refractivity contribution >= 4 is 39.0 Å². The van der Waals surface area contributed by atoms with Gasteiger partial charge in [0.1, 0.15) is 0 Å². The second-order valence-electron chi connectivity index (χ2n) is 2.80. The first-order valence-electron chi connectivity index (χ1n) is 4.19. The third kappa shape index (κ3) is 1.90. The fourth-order valence-electron chi connectivity index (χ4n) is 1.32. The van der Waals surface area contributed by atoms with Gasteiger partial charge in [0.05, 0.1) is 0 Å². The molecule has 1 aromatic heterocycles. The Kier molecular flexibility index (Phi) is 3.31. The lowest BCUT2D eigenvalue weighted by atomic mass is 10.2. The molecule has 3 heteroatoms. The molecule has 0 aliphatic heterocycles. The first-order valence-corrected chi connectivity index (χ1v) is 7.09. The van der Waals surface area contributed by atoms with Crippen LogP contribution in [0.15, 0.2) is 45.1 Å². The van der Waals surface area contributed by atoms with Crippen LogP contribution < -0.4 is 0 Å². The molecule has 1 aromatic carbocycles. The smallest absolute Gasteiger partial charge is 0.0496 e. The van der Waals surface area contributed by atoms with Crippen LogP contribution in [0.25, 0.3) is 10.4 Å². The summed E-state index contributed by atoms with van der Waals surface area (Å²) < 4.78 is 1.18. The van der Waals surface area contributed by atoms with Gasteiger partial charge in [0.2, 0.25) is 0 Å². The van der Waals surface area contributed by atoms with E-state index in [1.165, 1.54) is 19.8 Å². The fourth-order valence-corrected chi connectivity index (χ4v) is 3.61. The molecule has 0 amide bonds. The minimum Gasteiger partial charge on any atom is -0.143 e. The minimum absolute atomic E-state index is 1.18. The normalized spacial score (nSPS) is 10.4. The standard InChI is InChI=1S/C11H9BrS2/c1-13-10-5-3-2-4-8(10)11-9(12)6-7-14-11/h2-7H,1H3. The van der Waals surface area contributed by atoms with Gasteiger partial charge in [-0.05, 0) is 39.7 Å². The van der Waals surface area contributed by atoms with Crippen molar-refractivity contribution in [1.29, 1.82) is 0 Å². The Labute approximate surface area is 100 Å². The van der Waals surface area contributed by atoms with Crippen molar-refractivity contribution in [1.82, 2.24) is 0 Å². The van der Waals surface area contributed by atoms with E-state index in [-0.39, 0.29) is 0 Å². The van der Waals surface area contributed by atoms with E-state index in [2.05, 4.69) is 57.9 Å². The molecule has 72 valence electrons. The van der Waals surface area contributed by atoms with Gasteiger partial charge in [0, 0.05) is 19.8 Å². The quantitative estimate of drug-likeness (QED) is 0.707. The van der Waals surface area contributed by atoms with Gasteiger partial charge < -0.3 is 0 Å². The molecule has 0 unspecified atom stereocenters. The molecule has 2 rings (SSSR count). The van der Waals surface area contributed by atoms with E-state index in [4.69, 9.17) is 0 Å². The average molecular weight is 285 g/mol. The van der Waals surface area contributed by atoms with Crippen LogP contribution in [-0.2, 0) is 0 Å². The molecule has 0 saturated heterocycles. The van der Waals surface area contributed by atoms with Gasteiger partial charge in [0.25, 0.3) is 0 Å². The molecular formula is C11H9BrS2. The summed E-state index contributed by atoms with van der Waals surface area (Å²) in [6.45, 7) is 0. The summed E-state index contributed by atoms with van der Waals surface area (Å²) in [6.07, 6.45) is 2.11. The van der Waals surface area contributed by atoms with Gasteiger partial charge in [-0.2, -0.15) is 0 Å². The van der Waals surface area contributed by atoms with E-state index < -0.39 is 0 Å². The number of benzene rings is 1. The lowest BCUT2D eigenvalue weighted by molar-refractivity contribution is 1.47. The first kappa shape index (κ1) is 10.3. The molecule has 0 nitrogen and oxygen atoms in total. The first-order chi connectivity index (χ1) is 6.83. The molecule has 14 heavy (non-hydrogen) atoms. The Morgan fingerprint density at radius 3 is 2.64 bits per heavy atom. The maximum Gasteiger partial charge on any atom is 0.0496 e. The second kappa shape index (κ2) is 4.51. The van der Waals surface area contributed by atoms with Gasteiger partial charge >= 0.3 is 0 Å². The van der Waals surface area contributed by atoms with Crippen molar-refractivity contribution in [3.63, 3.8) is 0 Å². The summed E-state index contributed by atoms with van der Waals surface area (Å²) in [6, 6.07) is 10.6. The lowest BCUT2D eigenvalue weighted by Gasteiger charge is -2.04. The molecule has 0 aliphatic carbocycles. The Morgan fingerprint density at radius 1 is 1.21 bits per heavy atom. The number of thiophene rings is 1. The average Bonchev–Trinajstić information content (AvgIpc) is 2.64.